The highest BCUT2D eigenvalue weighted by molar-refractivity contribution is 7.09. The van der Waals surface area contributed by atoms with Gasteiger partial charge in [-0.2, -0.15) is 0 Å². The highest BCUT2D eigenvalue weighted by atomic mass is 32.1. The molecule has 0 unspecified atom stereocenters. The summed E-state index contributed by atoms with van der Waals surface area (Å²) in [5.74, 6) is 0. The first-order valence-electron chi connectivity index (χ1n) is 5.87. The minimum Gasteiger partial charge on any atom is -0.333 e. The van der Waals surface area contributed by atoms with Gasteiger partial charge in [0.25, 0.3) is 0 Å². The van der Waals surface area contributed by atoms with Gasteiger partial charge in [-0.3, -0.25) is 0 Å². The molecule has 0 saturated carbocycles. The maximum Gasteiger partial charge on any atom is 0.0948 e. The number of imidazole rings is 1. The van der Waals surface area contributed by atoms with E-state index >= 15 is 0 Å². The van der Waals surface area contributed by atoms with Crippen molar-refractivity contribution in [3.05, 3.63) is 34.3 Å². The maximum atomic E-state index is 6.04. The number of aryl methyl sites for hydroxylation is 3. The molecule has 2 aromatic rings. The van der Waals surface area contributed by atoms with Gasteiger partial charge in [0.1, 0.15) is 0 Å². The zero-order chi connectivity index (χ0) is 12.3. The quantitative estimate of drug-likeness (QED) is 0.886. The Balaban J connectivity index is 2.01. The van der Waals surface area contributed by atoms with Crippen molar-refractivity contribution >= 4 is 11.3 Å². The molecule has 2 heterocycles. The van der Waals surface area contributed by atoms with E-state index in [1.165, 1.54) is 0 Å². The summed E-state index contributed by atoms with van der Waals surface area (Å²) >= 11 is 1.70. The van der Waals surface area contributed by atoms with Crippen LogP contribution in [0.2, 0.25) is 0 Å². The zero-order valence-electron chi connectivity index (χ0n) is 10.3. The van der Waals surface area contributed by atoms with Gasteiger partial charge in [-0.1, -0.05) is 6.92 Å². The van der Waals surface area contributed by atoms with E-state index in [0.29, 0.717) is 0 Å². The van der Waals surface area contributed by atoms with Gasteiger partial charge < -0.3 is 10.3 Å². The number of thiazole rings is 1. The van der Waals surface area contributed by atoms with E-state index in [1.807, 2.05) is 19.4 Å². The fourth-order valence-electron chi connectivity index (χ4n) is 1.79. The number of nitrogens with zero attached hydrogens (tertiary/aromatic N) is 3. The van der Waals surface area contributed by atoms with E-state index in [9.17, 15) is 0 Å². The Morgan fingerprint density at radius 3 is 3.00 bits per heavy atom. The first-order valence-corrected chi connectivity index (χ1v) is 6.75. The van der Waals surface area contributed by atoms with E-state index in [2.05, 4.69) is 26.8 Å². The van der Waals surface area contributed by atoms with Gasteiger partial charge in [0.2, 0.25) is 0 Å². The van der Waals surface area contributed by atoms with Gasteiger partial charge in [0.15, 0.2) is 0 Å². The topological polar surface area (TPSA) is 56.7 Å². The van der Waals surface area contributed by atoms with E-state index in [-0.39, 0.29) is 6.04 Å². The van der Waals surface area contributed by atoms with Crippen LogP contribution in [0.1, 0.15) is 35.8 Å². The molecule has 1 atom stereocenters. The second kappa shape index (κ2) is 5.42. The number of hydrogen-bond acceptors (Lipinski definition) is 4. The lowest BCUT2D eigenvalue weighted by atomic mass is 10.2. The molecule has 0 spiro atoms. The van der Waals surface area contributed by atoms with Crippen LogP contribution in [0.4, 0.5) is 0 Å². The van der Waals surface area contributed by atoms with Crippen LogP contribution < -0.4 is 5.73 Å². The molecule has 2 N–H and O–H groups in total. The molecule has 4 nitrogen and oxygen atoms in total. The van der Waals surface area contributed by atoms with Crippen LogP contribution >= 0.6 is 11.3 Å². The van der Waals surface area contributed by atoms with Crippen molar-refractivity contribution < 1.29 is 0 Å². The number of hydrogen-bond donors (Lipinski definition) is 1. The van der Waals surface area contributed by atoms with Crippen molar-refractivity contribution in [3.63, 3.8) is 0 Å². The van der Waals surface area contributed by atoms with Crippen molar-refractivity contribution in [3.8, 4) is 0 Å². The Hall–Kier alpha value is -1.20. The largest absolute Gasteiger partial charge is 0.333 e. The van der Waals surface area contributed by atoms with Crippen molar-refractivity contribution in [2.45, 2.75) is 39.3 Å². The van der Waals surface area contributed by atoms with Crippen LogP contribution in [0.25, 0.3) is 0 Å². The summed E-state index contributed by atoms with van der Waals surface area (Å²) in [6, 6.07) is 0.0784. The first-order chi connectivity index (χ1) is 8.20. The molecule has 0 aliphatic rings. The van der Waals surface area contributed by atoms with Crippen LogP contribution in [-0.2, 0) is 13.0 Å². The van der Waals surface area contributed by atoms with Crippen LogP contribution in [0.3, 0.4) is 0 Å². The Morgan fingerprint density at radius 2 is 2.35 bits per heavy atom. The average molecular weight is 250 g/mol. The van der Waals surface area contributed by atoms with E-state index in [0.717, 1.165) is 35.8 Å². The third-order valence-corrected chi connectivity index (χ3v) is 3.66. The fraction of sp³-hybridized carbons (Fsp3) is 0.500. The van der Waals surface area contributed by atoms with Gasteiger partial charge in [-0.25, -0.2) is 9.97 Å². The SMILES string of the molecule is CC[C@@H](N)c1cncn1CCc1csc(C)n1. The van der Waals surface area contributed by atoms with Gasteiger partial charge in [-0.05, 0) is 13.3 Å². The second-order valence-electron chi connectivity index (χ2n) is 4.13. The van der Waals surface area contributed by atoms with Crippen molar-refractivity contribution in [1.29, 1.82) is 0 Å². The van der Waals surface area contributed by atoms with Crippen LogP contribution in [0.15, 0.2) is 17.9 Å². The normalized spacial score (nSPS) is 12.9. The Morgan fingerprint density at radius 1 is 1.53 bits per heavy atom. The maximum absolute atomic E-state index is 6.04. The smallest absolute Gasteiger partial charge is 0.0948 e. The summed E-state index contributed by atoms with van der Waals surface area (Å²) < 4.78 is 2.13. The van der Waals surface area contributed by atoms with Gasteiger partial charge in [0.05, 0.1) is 22.7 Å². The highest BCUT2D eigenvalue weighted by Gasteiger charge is 2.09. The van der Waals surface area contributed by atoms with E-state index in [4.69, 9.17) is 5.73 Å². The number of aromatic nitrogens is 3. The van der Waals surface area contributed by atoms with E-state index in [1.54, 1.807) is 11.3 Å². The molecule has 0 aliphatic carbocycles. The van der Waals surface area contributed by atoms with Gasteiger partial charge in [-0.15, -0.1) is 11.3 Å². The predicted molar refractivity (Wildman–Crippen MR) is 70.0 cm³/mol. The number of nitrogens with two attached hydrogens (primary N) is 1. The predicted octanol–water partition coefficient (Wildman–Crippen LogP) is 2.30. The lowest BCUT2D eigenvalue weighted by molar-refractivity contribution is 0.586. The Bertz CT molecular complexity index is 474. The summed E-state index contributed by atoms with van der Waals surface area (Å²) in [5.41, 5.74) is 8.30. The molecule has 0 fully saturated rings. The molecule has 0 radical (unpaired) electrons. The summed E-state index contributed by atoms with van der Waals surface area (Å²) in [6.07, 6.45) is 5.58. The van der Waals surface area contributed by atoms with Crippen LogP contribution in [-0.4, -0.2) is 14.5 Å². The van der Waals surface area contributed by atoms with Crippen LogP contribution in [0.5, 0.6) is 0 Å². The number of rotatable bonds is 5. The molecule has 92 valence electrons. The molecule has 2 rings (SSSR count). The third kappa shape index (κ3) is 2.92. The van der Waals surface area contributed by atoms with Crippen molar-refractivity contribution in [2.75, 3.05) is 0 Å². The molecular formula is C12H18N4S. The molecule has 0 bridgehead atoms. The Kier molecular flexibility index (Phi) is 3.91. The average Bonchev–Trinajstić information content (AvgIpc) is 2.94. The molecule has 2 aromatic heterocycles. The molecule has 0 aliphatic heterocycles. The molecule has 17 heavy (non-hydrogen) atoms. The summed E-state index contributed by atoms with van der Waals surface area (Å²) in [7, 11) is 0. The second-order valence-corrected chi connectivity index (χ2v) is 5.20. The minimum absolute atomic E-state index is 0.0784. The summed E-state index contributed by atoms with van der Waals surface area (Å²) in [5, 5.41) is 3.24. The van der Waals surface area contributed by atoms with Crippen molar-refractivity contribution in [2.24, 2.45) is 5.73 Å². The van der Waals surface area contributed by atoms with Gasteiger partial charge in [0, 0.05) is 30.6 Å². The third-order valence-electron chi connectivity index (χ3n) is 2.84. The molecule has 0 saturated heterocycles. The summed E-state index contributed by atoms with van der Waals surface area (Å²) in [4.78, 5) is 8.63. The lowest BCUT2D eigenvalue weighted by Crippen LogP contribution is -2.15. The zero-order valence-corrected chi connectivity index (χ0v) is 11.1. The standard InChI is InChI=1S/C12H18N4S/c1-3-11(13)12-6-14-8-16(12)5-4-10-7-17-9(2)15-10/h6-8,11H,3-5,13H2,1-2H3/t11-/m1/s1. The first kappa shape index (κ1) is 12.3. The fourth-order valence-corrected chi connectivity index (χ4v) is 2.44. The summed E-state index contributed by atoms with van der Waals surface area (Å²) in [6.45, 7) is 5.02. The highest BCUT2D eigenvalue weighted by Crippen LogP contribution is 2.14. The molecule has 0 aromatic carbocycles. The van der Waals surface area contributed by atoms with Crippen molar-refractivity contribution in [1.82, 2.24) is 14.5 Å². The van der Waals surface area contributed by atoms with Gasteiger partial charge >= 0.3 is 0 Å². The molecule has 0 amide bonds. The Labute approximate surface area is 106 Å². The lowest BCUT2D eigenvalue weighted by Gasteiger charge is -2.12. The minimum atomic E-state index is 0.0784. The van der Waals surface area contributed by atoms with E-state index < -0.39 is 0 Å². The molecule has 5 heteroatoms. The van der Waals surface area contributed by atoms with Crippen LogP contribution in [0, 0.1) is 6.92 Å². The molecular weight excluding hydrogens is 232 g/mol. The monoisotopic (exact) mass is 250 g/mol.